The molecule has 0 bridgehead atoms. The molecule has 1 aromatic heterocycles. The van der Waals surface area contributed by atoms with Crippen LogP contribution in [0.5, 0.6) is 0 Å². The van der Waals surface area contributed by atoms with Crippen molar-refractivity contribution >= 4 is 0 Å². The zero-order valence-electron chi connectivity index (χ0n) is 9.51. The lowest BCUT2D eigenvalue weighted by Crippen LogP contribution is -2.16. The molecule has 1 heterocycles. The zero-order chi connectivity index (χ0) is 12.1. The predicted octanol–water partition coefficient (Wildman–Crippen LogP) is 2.51. The van der Waals surface area contributed by atoms with Crippen LogP contribution in [0.15, 0.2) is 48.7 Å². The molecule has 1 unspecified atom stereocenters. The second-order valence-electron chi connectivity index (χ2n) is 4.02. The second-order valence-corrected chi connectivity index (χ2v) is 4.02. The quantitative estimate of drug-likeness (QED) is 0.876. The van der Waals surface area contributed by atoms with Crippen molar-refractivity contribution in [3.8, 4) is 0 Å². The van der Waals surface area contributed by atoms with Gasteiger partial charge in [0.25, 0.3) is 0 Å². The van der Waals surface area contributed by atoms with Gasteiger partial charge in [-0.25, -0.2) is 4.39 Å². The highest BCUT2D eigenvalue weighted by Crippen LogP contribution is 2.18. The topological polar surface area (TPSA) is 38.9 Å². The first-order chi connectivity index (χ1) is 8.29. The van der Waals surface area contributed by atoms with Gasteiger partial charge in [-0.05, 0) is 36.2 Å². The van der Waals surface area contributed by atoms with E-state index in [4.69, 9.17) is 5.73 Å². The lowest BCUT2D eigenvalue weighted by molar-refractivity contribution is 0.619. The van der Waals surface area contributed by atoms with Crippen LogP contribution in [0.3, 0.4) is 0 Å². The predicted molar refractivity (Wildman–Crippen MR) is 66.1 cm³/mol. The number of halogens is 1. The van der Waals surface area contributed by atoms with Crippen LogP contribution in [0.2, 0.25) is 0 Å². The van der Waals surface area contributed by atoms with Crippen molar-refractivity contribution in [1.29, 1.82) is 0 Å². The maximum absolute atomic E-state index is 13.1. The largest absolute Gasteiger partial charge is 0.330 e. The molecule has 3 heteroatoms. The normalized spacial score (nSPS) is 12.4. The third-order valence-electron chi connectivity index (χ3n) is 2.76. The Kier molecular flexibility index (Phi) is 3.83. The summed E-state index contributed by atoms with van der Waals surface area (Å²) in [7, 11) is 0. The number of pyridine rings is 1. The van der Waals surface area contributed by atoms with Gasteiger partial charge in [0.1, 0.15) is 5.82 Å². The number of aromatic nitrogens is 1. The Bertz CT molecular complexity index is 471. The molecule has 0 aliphatic carbocycles. The van der Waals surface area contributed by atoms with Gasteiger partial charge in [-0.3, -0.25) is 4.98 Å². The van der Waals surface area contributed by atoms with Crippen LogP contribution in [0, 0.1) is 5.82 Å². The van der Waals surface area contributed by atoms with E-state index in [0.29, 0.717) is 13.0 Å². The van der Waals surface area contributed by atoms with E-state index in [0.717, 1.165) is 11.3 Å². The van der Waals surface area contributed by atoms with Crippen LogP contribution >= 0.6 is 0 Å². The van der Waals surface area contributed by atoms with Gasteiger partial charge in [-0.1, -0.05) is 18.2 Å². The highest BCUT2D eigenvalue weighted by atomic mass is 19.1. The molecule has 0 aliphatic heterocycles. The highest BCUT2D eigenvalue weighted by molar-refractivity contribution is 5.21. The van der Waals surface area contributed by atoms with Gasteiger partial charge in [-0.15, -0.1) is 0 Å². The molecule has 17 heavy (non-hydrogen) atoms. The number of nitrogens with zero attached hydrogens (tertiary/aromatic N) is 1. The molecule has 0 aliphatic rings. The summed E-state index contributed by atoms with van der Waals surface area (Å²) in [4.78, 5) is 4.29. The van der Waals surface area contributed by atoms with E-state index in [9.17, 15) is 4.39 Å². The van der Waals surface area contributed by atoms with Gasteiger partial charge in [0, 0.05) is 24.4 Å². The van der Waals surface area contributed by atoms with Crippen molar-refractivity contribution in [2.75, 3.05) is 6.54 Å². The fraction of sp³-hybridized carbons (Fsp3) is 0.214. The Labute approximate surface area is 100 Å². The Hall–Kier alpha value is -1.74. The fourth-order valence-corrected chi connectivity index (χ4v) is 1.87. The third-order valence-corrected chi connectivity index (χ3v) is 2.76. The maximum Gasteiger partial charge on any atom is 0.123 e. The Morgan fingerprint density at radius 3 is 2.71 bits per heavy atom. The molecule has 0 radical (unpaired) electrons. The summed E-state index contributed by atoms with van der Waals surface area (Å²) in [6, 6.07) is 12.4. The molecule has 2 rings (SSSR count). The summed E-state index contributed by atoms with van der Waals surface area (Å²) in [6.45, 7) is 0.507. The van der Waals surface area contributed by atoms with Gasteiger partial charge < -0.3 is 5.73 Å². The molecule has 1 aromatic carbocycles. The molecule has 0 saturated heterocycles. The van der Waals surface area contributed by atoms with Crippen molar-refractivity contribution in [2.45, 2.75) is 12.3 Å². The van der Waals surface area contributed by atoms with E-state index < -0.39 is 0 Å². The van der Waals surface area contributed by atoms with Gasteiger partial charge in [0.2, 0.25) is 0 Å². The standard InChI is InChI=1S/C14H15FN2/c15-13-5-3-4-11(9-13)8-12(10-16)14-6-1-2-7-17-14/h1-7,9,12H,8,10,16H2. The van der Waals surface area contributed by atoms with Gasteiger partial charge in [0.15, 0.2) is 0 Å². The molecule has 0 fully saturated rings. The molecule has 2 aromatic rings. The average Bonchev–Trinajstić information content (AvgIpc) is 2.37. The zero-order valence-corrected chi connectivity index (χ0v) is 9.51. The van der Waals surface area contributed by atoms with Gasteiger partial charge >= 0.3 is 0 Å². The molecular formula is C14H15FN2. The maximum atomic E-state index is 13.1. The van der Waals surface area contributed by atoms with Crippen LogP contribution in [-0.4, -0.2) is 11.5 Å². The molecular weight excluding hydrogens is 215 g/mol. The minimum atomic E-state index is -0.209. The average molecular weight is 230 g/mol. The molecule has 0 saturated carbocycles. The van der Waals surface area contributed by atoms with Crippen LogP contribution < -0.4 is 5.73 Å². The Balaban J connectivity index is 2.16. The van der Waals surface area contributed by atoms with E-state index in [1.807, 2.05) is 24.3 Å². The number of hydrogen-bond acceptors (Lipinski definition) is 2. The molecule has 0 amide bonds. The van der Waals surface area contributed by atoms with E-state index in [1.54, 1.807) is 18.3 Å². The molecule has 2 N–H and O–H groups in total. The Morgan fingerprint density at radius 2 is 2.06 bits per heavy atom. The smallest absolute Gasteiger partial charge is 0.123 e. The first kappa shape index (κ1) is 11.7. The first-order valence-corrected chi connectivity index (χ1v) is 5.65. The lowest BCUT2D eigenvalue weighted by Gasteiger charge is -2.14. The summed E-state index contributed by atoms with van der Waals surface area (Å²) in [5.74, 6) is -0.0720. The lowest BCUT2D eigenvalue weighted by atomic mass is 9.96. The monoisotopic (exact) mass is 230 g/mol. The van der Waals surface area contributed by atoms with Gasteiger partial charge in [-0.2, -0.15) is 0 Å². The van der Waals surface area contributed by atoms with Crippen molar-refractivity contribution in [3.05, 3.63) is 65.7 Å². The minimum absolute atomic E-state index is 0.137. The van der Waals surface area contributed by atoms with E-state index >= 15 is 0 Å². The highest BCUT2D eigenvalue weighted by Gasteiger charge is 2.11. The van der Waals surface area contributed by atoms with E-state index in [-0.39, 0.29) is 11.7 Å². The minimum Gasteiger partial charge on any atom is -0.330 e. The van der Waals surface area contributed by atoms with Crippen LogP contribution in [0.1, 0.15) is 17.2 Å². The summed E-state index contributed by atoms with van der Waals surface area (Å²) < 4.78 is 13.1. The van der Waals surface area contributed by atoms with E-state index in [2.05, 4.69) is 4.98 Å². The molecule has 0 spiro atoms. The number of hydrogen-bond donors (Lipinski definition) is 1. The van der Waals surface area contributed by atoms with Crippen molar-refractivity contribution in [1.82, 2.24) is 4.98 Å². The molecule has 2 nitrogen and oxygen atoms in total. The molecule has 88 valence electrons. The summed E-state index contributed by atoms with van der Waals surface area (Å²) in [6.07, 6.45) is 2.47. The summed E-state index contributed by atoms with van der Waals surface area (Å²) in [5.41, 5.74) is 7.66. The van der Waals surface area contributed by atoms with E-state index in [1.165, 1.54) is 6.07 Å². The second kappa shape index (κ2) is 5.55. The summed E-state index contributed by atoms with van der Waals surface area (Å²) >= 11 is 0. The first-order valence-electron chi connectivity index (χ1n) is 5.65. The van der Waals surface area contributed by atoms with Crippen LogP contribution in [-0.2, 0) is 6.42 Å². The van der Waals surface area contributed by atoms with Crippen molar-refractivity contribution in [3.63, 3.8) is 0 Å². The molecule has 1 atom stereocenters. The number of rotatable bonds is 4. The van der Waals surface area contributed by atoms with Crippen molar-refractivity contribution in [2.24, 2.45) is 5.73 Å². The SMILES string of the molecule is NCC(Cc1cccc(F)c1)c1ccccn1. The number of benzene rings is 1. The Morgan fingerprint density at radius 1 is 1.18 bits per heavy atom. The fourth-order valence-electron chi connectivity index (χ4n) is 1.87. The number of nitrogens with two attached hydrogens (primary N) is 1. The van der Waals surface area contributed by atoms with Crippen molar-refractivity contribution < 1.29 is 4.39 Å². The third kappa shape index (κ3) is 3.11. The van der Waals surface area contributed by atoms with Crippen LogP contribution in [0.4, 0.5) is 4.39 Å². The summed E-state index contributed by atoms with van der Waals surface area (Å²) in [5, 5.41) is 0. The van der Waals surface area contributed by atoms with Crippen LogP contribution in [0.25, 0.3) is 0 Å². The van der Waals surface area contributed by atoms with Gasteiger partial charge in [0.05, 0.1) is 0 Å².